The lowest BCUT2D eigenvalue weighted by atomic mass is 10.1. The molecule has 0 saturated carbocycles. The molecule has 0 unspecified atom stereocenters. The topological polar surface area (TPSA) is 114 Å². The molecule has 0 saturated heterocycles. The van der Waals surface area contributed by atoms with Crippen LogP contribution in [-0.4, -0.2) is 29.5 Å². The summed E-state index contributed by atoms with van der Waals surface area (Å²) in [7, 11) is 0. The normalized spacial score (nSPS) is 10.0. The minimum atomic E-state index is -1.24. The number of hydrogen-bond donors (Lipinski definition) is 3. The summed E-state index contributed by atoms with van der Waals surface area (Å²) in [6, 6.07) is 21.7. The zero-order valence-electron chi connectivity index (χ0n) is 15.7. The zero-order chi connectivity index (χ0) is 21.3. The maximum Gasteiger partial charge on any atom is 0.336 e. The van der Waals surface area contributed by atoms with Crippen LogP contribution in [0.4, 0.5) is 0 Å². The van der Waals surface area contributed by atoms with Crippen LogP contribution < -0.4 is 20.3 Å². The lowest BCUT2D eigenvalue weighted by Crippen LogP contribution is -2.44. The largest absolute Gasteiger partial charge is 0.484 e. The molecule has 3 aromatic carbocycles. The Bertz CT molecular complexity index is 1040. The number of carbonyl (C=O) groups excluding carboxylic acids is 2. The smallest absolute Gasteiger partial charge is 0.336 e. The third-order valence-corrected chi connectivity index (χ3v) is 3.89. The lowest BCUT2D eigenvalue weighted by molar-refractivity contribution is -0.123. The van der Waals surface area contributed by atoms with Crippen LogP contribution in [0, 0.1) is 0 Å². The van der Waals surface area contributed by atoms with Crippen molar-refractivity contribution >= 4 is 17.8 Å². The Balaban J connectivity index is 1.47. The maximum absolute atomic E-state index is 12.1. The van der Waals surface area contributed by atoms with Gasteiger partial charge in [0.25, 0.3) is 11.8 Å². The molecule has 8 heteroatoms. The quantitative estimate of drug-likeness (QED) is 0.520. The van der Waals surface area contributed by atoms with Crippen molar-refractivity contribution in [3.63, 3.8) is 0 Å². The molecule has 0 heterocycles. The van der Waals surface area contributed by atoms with Gasteiger partial charge in [0.2, 0.25) is 0 Å². The lowest BCUT2D eigenvalue weighted by Gasteiger charge is -2.10. The number of benzene rings is 3. The van der Waals surface area contributed by atoms with Crippen molar-refractivity contribution in [3.05, 3.63) is 90.0 Å². The molecular weight excluding hydrogens is 388 g/mol. The highest BCUT2D eigenvalue weighted by Gasteiger charge is 2.16. The number of ether oxygens (including phenoxy) is 2. The molecule has 0 aromatic heterocycles. The summed E-state index contributed by atoms with van der Waals surface area (Å²) in [5, 5.41) is 9.11. The van der Waals surface area contributed by atoms with Gasteiger partial charge in [-0.25, -0.2) is 4.79 Å². The van der Waals surface area contributed by atoms with Gasteiger partial charge in [0, 0.05) is 0 Å². The van der Waals surface area contributed by atoms with E-state index in [4.69, 9.17) is 14.6 Å². The van der Waals surface area contributed by atoms with Crippen LogP contribution in [0.1, 0.15) is 20.7 Å². The van der Waals surface area contributed by atoms with Crippen molar-refractivity contribution < 1.29 is 29.0 Å². The highest BCUT2D eigenvalue weighted by molar-refractivity contribution is 6.05. The molecule has 3 aromatic rings. The highest BCUT2D eigenvalue weighted by Crippen LogP contribution is 2.23. The van der Waals surface area contributed by atoms with Crippen molar-refractivity contribution in [1.29, 1.82) is 0 Å². The van der Waals surface area contributed by atoms with Crippen LogP contribution >= 0.6 is 0 Å². The SMILES string of the molecule is O=C(COc1ccc(Oc2ccccc2)cc1)NNC(=O)c1ccccc1C(=O)O. The number of hydrogen-bond acceptors (Lipinski definition) is 5. The number of rotatable bonds is 7. The van der Waals surface area contributed by atoms with Crippen LogP contribution in [-0.2, 0) is 4.79 Å². The van der Waals surface area contributed by atoms with Gasteiger partial charge in [-0.15, -0.1) is 0 Å². The number of carboxylic acids is 1. The van der Waals surface area contributed by atoms with E-state index in [1.807, 2.05) is 30.3 Å². The van der Waals surface area contributed by atoms with Crippen molar-refractivity contribution in [2.75, 3.05) is 6.61 Å². The second-order valence-electron chi connectivity index (χ2n) is 6.03. The van der Waals surface area contributed by atoms with Crippen LogP contribution in [0.5, 0.6) is 17.2 Å². The van der Waals surface area contributed by atoms with Gasteiger partial charge in [-0.1, -0.05) is 30.3 Å². The molecule has 0 bridgehead atoms. The average molecular weight is 406 g/mol. The Morgan fingerprint density at radius 2 is 1.27 bits per heavy atom. The third-order valence-electron chi connectivity index (χ3n) is 3.89. The fourth-order valence-electron chi connectivity index (χ4n) is 2.47. The van der Waals surface area contributed by atoms with E-state index in [0.717, 1.165) is 0 Å². The van der Waals surface area contributed by atoms with Gasteiger partial charge in [0.15, 0.2) is 6.61 Å². The molecule has 2 amide bonds. The van der Waals surface area contributed by atoms with Gasteiger partial charge in [-0.2, -0.15) is 0 Å². The Hall–Kier alpha value is -4.33. The number of carbonyl (C=O) groups is 3. The first-order valence-corrected chi connectivity index (χ1v) is 8.90. The monoisotopic (exact) mass is 406 g/mol. The summed E-state index contributed by atoms with van der Waals surface area (Å²) in [6.45, 7) is -0.347. The second-order valence-corrected chi connectivity index (χ2v) is 6.03. The molecule has 0 aliphatic carbocycles. The summed E-state index contributed by atoms with van der Waals surface area (Å²) in [6.07, 6.45) is 0. The number of aromatic carboxylic acids is 1. The summed E-state index contributed by atoms with van der Waals surface area (Å²) < 4.78 is 11.0. The van der Waals surface area contributed by atoms with E-state index >= 15 is 0 Å². The molecule has 0 aliphatic heterocycles. The summed E-state index contributed by atoms with van der Waals surface area (Å²) >= 11 is 0. The first-order chi connectivity index (χ1) is 14.5. The van der Waals surface area contributed by atoms with Crippen LogP contribution in [0.25, 0.3) is 0 Å². The highest BCUT2D eigenvalue weighted by atomic mass is 16.5. The number of nitrogens with one attached hydrogen (secondary N) is 2. The van der Waals surface area contributed by atoms with Gasteiger partial charge >= 0.3 is 5.97 Å². The van der Waals surface area contributed by atoms with Crippen LogP contribution in [0.2, 0.25) is 0 Å². The molecule has 0 spiro atoms. The molecule has 0 atom stereocenters. The van der Waals surface area contributed by atoms with Gasteiger partial charge in [0.05, 0.1) is 11.1 Å². The minimum Gasteiger partial charge on any atom is -0.484 e. The number of hydrazine groups is 1. The van der Waals surface area contributed by atoms with E-state index in [1.54, 1.807) is 24.3 Å². The molecule has 0 fully saturated rings. The van der Waals surface area contributed by atoms with Gasteiger partial charge < -0.3 is 14.6 Å². The Labute approximate surface area is 172 Å². The van der Waals surface area contributed by atoms with Crippen LogP contribution in [0.3, 0.4) is 0 Å². The summed E-state index contributed by atoms with van der Waals surface area (Å²) in [5.41, 5.74) is 4.11. The van der Waals surface area contributed by atoms with E-state index in [-0.39, 0.29) is 17.7 Å². The Morgan fingerprint density at radius 1 is 0.700 bits per heavy atom. The van der Waals surface area contributed by atoms with Crippen molar-refractivity contribution in [1.82, 2.24) is 10.9 Å². The van der Waals surface area contributed by atoms with E-state index in [9.17, 15) is 14.4 Å². The summed E-state index contributed by atoms with van der Waals surface area (Å²) in [5.74, 6) is -0.846. The first kappa shape index (κ1) is 20.4. The molecule has 0 radical (unpaired) electrons. The average Bonchev–Trinajstić information content (AvgIpc) is 2.77. The molecule has 152 valence electrons. The van der Waals surface area contributed by atoms with Crippen LogP contribution in [0.15, 0.2) is 78.9 Å². The zero-order valence-corrected chi connectivity index (χ0v) is 15.7. The molecule has 30 heavy (non-hydrogen) atoms. The third kappa shape index (κ3) is 5.59. The fourth-order valence-corrected chi connectivity index (χ4v) is 2.47. The summed E-state index contributed by atoms with van der Waals surface area (Å²) in [4.78, 5) is 35.1. The van der Waals surface area contributed by atoms with E-state index in [0.29, 0.717) is 17.2 Å². The molecule has 8 nitrogen and oxygen atoms in total. The predicted molar refractivity (Wildman–Crippen MR) is 107 cm³/mol. The van der Waals surface area contributed by atoms with E-state index < -0.39 is 17.8 Å². The number of carboxylic acid groups (broad SMARTS) is 1. The molecule has 3 rings (SSSR count). The first-order valence-electron chi connectivity index (χ1n) is 8.90. The molecule has 0 aliphatic rings. The van der Waals surface area contributed by atoms with Gasteiger partial charge in [-0.3, -0.25) is 20.4 Å². The van der Waals surface area contributed by atoms with E-state index in [1.165, 1.54) is 24.3 Å². The van der Waals surface area contributed by atoms with Crippen molar-refractivity contribution in [2.24, 2.45) is 0 Å². The number of amides is 2. The Kier molecular flexibility index (Phi) is 6.63. The maximum atomic E-state index is 12.1. The van der Waals surface area contributed by atoms with Gasteiger partial charge in [-0.05, 0) is 48.5 Å². The standard InChI is InChI=1S/C22H18N2O6/c25-20(23-24-21(26)18-8-4-5-9-19(18)22(27)28)14-29-15-10-12-17(13-11-15)30-16-6-2-1-3-7-16/h1-13H,14H2,(H,23,25)(H,24,26)(H,27,28). The molecule has 3 N–H and O–H groups in total. The molecular formula is C22H18N2O6. The van der Waals surface area contributed by atoms with Crippen molar-refractivity contribution in [2.45, 2.75) is 0 Å². The fraction of sp³-hybridized carbons (Fsp3) is 0.0455. The number of para-hydroxylation sites is 1. The van der Waals surface area contributed by atoms with Crippen molar-refractivity contribution in [3.8, 4) is 17.2 Å². The van der Waals surface area contributed by atoms with Gasteiger partial charge in [0.1, 0.15) is 17.2 Å². The minimum absolute atomic E-state index is 0.0692. The van der Waals surface area contributed by atoms with E-state index in [2.05, 4.69) is 10.9 Å². The Morgan fingerprint density at radius 3 is 1.93 bits per heavy atom. The predicted octanol–water partition coefficient (Wildman–Crippen LogP) is 3.02. The second kappa shape index (κ2) is 9.74.